The lowest BCUT2D eigenvalue weighted by atomic mass is 10.1. The predicted octanol–water partition coefficient (Wildman–Crippen LogP) is 0.831. The van der Waals surface area contributed by atoms with E-state index in [1.54, 1.807) is 6.92 Å². The highest BCUT2D eigenvalue weighted by Crippen LogP contribution is 2.15. The Morgan fingerprint density at radius 2 is 2.33 bits per heavy atom. The van der Waals surface area contributed by atoms with Crippen LogP contribution in [0.3, 0.4) is 0 Å². The van der Waals surface area contributed by atoms with Crippen molar-refractivity contribution in [2.45, 2.75) is 57.8 Å². The summed E-state index contributed by atoms with van der Waals surface area (Å²) in [6, 6.07) is 0.0268. The van der Waals surface area contributed by atoms with Crippen LogP contribution in [0.1, 0.15) is 39.5 Å². The smallest absolute Gasteiger partial charge is 0.222 e. The van der Waals surface area contributed by atoms with E-state index in [0.29, 0.717) is 12.8 Å². The molecule has 1 fully saturated rings. The van der Waals surface area contributed by atoms with Crippen LogP contribution in [0.4, 0.5) is 0 Å². The molecule has 4 nitrogen and oxygen atoms in total. The molecule has 1 saturated heterocycles. The van der Waals surface area contributed by atoms with Crippen LogP contribution >= 0.6 is 0 Å². The molecule has 1 amide bonds. The second-order valence-electron chi connectivity index (χ2n) is 4.39. The molecule has 0 bridgehead atoms. The van der Waals surface area contributed by atoms with Crippen LogP contribution in [0.5, 0.6) is 0 Å². The summed E-state index contributed by atoms with van der Waals surface area (Å²) in [4.78, 5) is 11.5. The summed E-state index contributed by atoms with van der Waals surface area (Å²) in [5, 5.41) is 12.0. The number of amides is 1. The van der Waals surface area contributed by atoms with E-state index in [-0.39, 0.29) is 24.2 Å². The van der Waals surface area contributed by atoms with E-state index in [1.807, 2.05) is 6.92 Å². The number of ether oxygens (including phenoxy) is 1. The fourth-order valence-electron chi connectivity index (χ4n) is 1.92. The Kier molecular flexibility index (Phi) is 5.05. The number of aliphatic hydroxyl groups excluding tert-OH is 1. The molecule has 0 spiro atoms. The van der Waals surface area contributed by atoms with Gasteiger partial charge in [0.1, 0.15) is 0 Å². The monoisotopic (exact) mass is 215 g/mol. The highest BCUT2D eigenvalue weighted by atomic mass is 16.5. The molecule has 0 aromatic heterocycles. The van der Waals surface area contributed by atoms with Gasteiger partial charge in [-0.05, 0) is 33.1 Å². The first-order valence-electron chi connectivity index (χ1n) is 5.67. The lowest BCUT2D eigenvalue weighted by molar-refractivity contribution is -0.123. The number of hydrogen-bond donors (Lipinski definition) is 2. The summed E-state index contributed by atoms with van der Waals surface area (Å²) in [5.41, 5.74) is 0. The van der Waals surface area contributed by atoms with Gasteiger partial charge < -0.3 is 15.2 Å². The van der Waals surface area contributed by atoms with Gasteiger partial charge in [0.25, 0.3) is 0 Å². The number of carbonyl (C=O) groups is 1. The zero-order valence-electron chi connectivity index (χ0n) is 9.53. The van der Waals surface area contributed by atoms with Gasteiger partial charge in [-0.2, -0.15) is 0 Å². The minimum absolute atomic E-state index is 0.0232. The number of nitrogens with one attached hydrogen (secondary N) is 1. The van der Waals surface area contributed by atoms with Crippen LogP contribution in [0, 0.1) is 0 Å². The van der Waals surface area contributed by atoms with Crippen molar-refractivity contribution in [1.29, 1.82) is 0 Å². The van der Waals surface area contributed by atoms with Crippen molar-refractivity contribution in [1.82, 2.24) is 5.32 Å². The third kappa shape index (κ3) is 5.14. The van der Waals surface area contributed by atoms with E-state index in [4.69, 9.17) is 9.84 Å². The topological polar surface area (TPSA) is 58.6 Å². The van der Waals surface area contributed by atoms with Crippen molar-refractivity contribution in [2.24, 2.45) is 0 Å². The molecule has 1 aliphatic rings. The van der Waals surface area contributed by atoms with Gasteiger partial charge in [0.15, 0.2) is 0 Å². The van der Waals surface area contributed by atoms with Crippen LogP contribution in [0.25, 0.3) is 0 Å². The molecule has 1 heterocycles. The SMILES string of the molecule is CC(O)CC(C)NC(=O)CC1CCCO1. The second kappa shape index (κ2) is 6.08. The summed E-state index contributed by atoms with van der Waals surface area (Å²) in [6.45, 7) is 4.41. The molecule has 88 valence electrons. The Labute approximate surface area is 91.0 Å². The fourth-order valence-corrected chi connectivity index (χ4v) is 1.92. The Bertz CT molecular complexity index is 200. The minimum Gasteiger partial charge on any atom is -0.393 e. The highest BCUT2D eigenvalue weighted by molar-refractivity contribution is 5.76. The first kappa shape index (κ1) is 12.5. The highest BCUT2D eigenvalue weighted by Gasteiger charge is 2.20. The van der Waals surface area contributed by atoms with Crippen LogP contribution in [-0.2, 0) is 9.53 Å². The van der Waals surface area contributed by atoms with Crippen LogP contribution < -0.4 is 5.32 Å². The van der Waals surface area contributed by atoms with E-state index in [2.05, 4.69) is 5.32 Å². The molecule has 0 saturated carbocycles. The molecule has 4 heteroatoms. The first-order chi connectivity index (χ1) is 7.08. The maximum absolute atomic E-state index is 11.5. The van der Waals surface area contributed by atoms with Crippen molar-refractivity contribution in [3.05, 3.63) is 0 Å². The Morgan fingerprint density at radius 1 is 1.60 bits per heavy atom. The molecule has 0 aromatic rings. The van der Waals surface area contributed by atoms with E-state index >= 15 is 0 Å². The molecule has 3 atom stereocenters. The van der Waals surface area contributed by atoms with E-state index in [0.717, 1.165) is 19.4 Å². The van der Waals surface area contributed by atoms with Crippen molar-refractivity contribution in [3.8, 4) is 0 Å². The lowest BCUT2D eigenvalue weighted by Gasteiger charge is -2.16. The number of aliphatic hydroxyl groups is 1. The minimum atomic E-state index is -0.372. The van der Waals surface area contributed by atoms with Gasteiger partial charge in [-0.1, -0.05) is 0 Å². The molecule has 0 aromatic carbocycles. The molecular weight excluding hydrogens is 194 g/mol. The van der Waals surface area contributed by atoms with Gasteiger partial charge in [0, 0.05) is 12.6 Å². The van der Waals surface area contributed by atoms with E-state index in [1.165, 1.54) is 0 Å². The molecule has 0 radical (unpaired) electrons. The summed E-state index contributed by atoms with van der Waals surface area (Å²) < 4.78 is 5.38. The molecule has 3 unspecified atom stereocenters. The average molecular weight is 215 g/mol. The van der Waals surface area contributed by atoms with Gasteiger partial charge >= 0.3 is 0 Å². The Hall–Kier alpha value is -0.610. The maximum Gasteiger partial charge on any atom is 0.222 e. The molecular formula is C11H21NO3. The fraction of sp³-hybridized carbons (Fsp3) is 0.909. The lowest BCUT2D eigenvalue weighted by Crippen LogP contribution is -2.36. The van der Waals surface area contributed by atoms with Gasteiger partial charge in [0.2, 0.25) is 5.91 Å². The predicted molar refractivity (Wildman–Crippen MR) is 57.5 cm³/mol. The summed E-state index contributed by atoms with van der Waals surface area (Å²) in [6.07, 6.45) is 2.81. The van der Waals surface area contributed by atoms with Gasteiger partial charge in [-0.25, -0.2) is 0 Å². The van der Waals surface area contributed by atoms with Crippen molar-refractivity contribution in [3.63, 3.8) is 0 Å². The van der Waals surface area contributed by atoms with Crippen LogP contribution in [0.15, 0.2) is 0 Å². The largest absolute Gasteiger partial charge is 0.393 e. The second-order valence-corrected chi connectivity index (χ2v) is 4.39. The number of rotatable bonds is 5. The first-order valence-corrected chi connectivity index (χ1v) is 5.67. The zero-order chi connectivity index (χ0) is 11.3. The summed E-state index contributed by atoms with van der Waals surface area (Å²) in [5.74, 6) is 0.0232. The molecule has 2 N–H and O–H groups in total. The summed E-state index contributed by atoms with van der Waals surface area (Å²) >= 11 is 0. The third-order valence-electron chi connectivity index (χ3n) is 2.54. The van der Waals surface area contributed by atoms with Crippen LogP contribution in [-0.4, -0.2) is 35.9 Å². The van der Waals surface area contributed by atoms with Gasteiger partial charge in [-0.15, -0.1) is 0 Å². The van der Waals surface area contributed by atoms with E-state index in [9.17, 15) is 4.79 Å². The Morgan fingerprint density at radius 3 is 2.87 bits per heavy atom. The molecule has 0 aliphatic carbocycles. The average Bonchev–Trinajstić information content (AvgIpc) is 2.53. The van der Waals surface area contributed by atoms with Crippen molar-refractivity contribution in [2.75, 3.05) is 6.61 Å². The zero-order valence-corrected chi connectivity index (χ0v) is 9.53. The molecule has 1 aliphatic heterocycles. The number of hydrogen-bond acceptors (Lipinski definition) is 3. The van der Waals surface area contributed by atoms with Crippen LogP contribution in [0.2, 0.25) is 0 Å². The number of carbonyl (C=O) groups excluding carboxylic acids is 1. The molecule has 15 heavy (non-hydrogen) atoms. The normalized spacial score (nSPS) is 24.9. The van der Waals surface area contributed by atoms with Gasteiger partial charge in [0.05, 0.1) is 18.6 Å². The van der Waals surface area contributed by atoms with Gasteiger partial charge in [-0.3, -0.25) is 4.79 Å². The van der Waals surface area contributed by atoms with Crippen molar-refractivity contribution < 1.29 is 14.6 Å². The summed E-state index contributed by atoms with van der Waals surface area (Å²) in [7, 11) is 0. The standard InChI is InChI=1S/C11H21NO3/c1-8(6-9(2)13)12-11(14)7-10-4-3-5-15-10/h8-10,13H,3-7H2,1-2H3,(H,12,14). The third-order valence-corrected chi connectivity index (χ3v) is 2.54. The van der Waals surface area contributed by atoms with Crippen molar-refractivity contribution >= 4 is 5.91 Å². The maximum atomic E-state index is 11.5. The Balaban J connectivity index is 2.16. The quantitative estimate of drug-likeness (QED) is 0.714. The van der Waals surface area contributed by atoms with E-state index < -0.39 is 0 Å². The molecule has 1 rings (SSSR count).